The highest BCUT2D eigenvalue weighted by molar-refractivity contribution is 5.35. The molecule has 0 aliphatic heterocycles. The predicted octanol–water partition coefficient (Wildman–Crippen LogP) is 3.09. The van der Waals surface area contributed by atoms with Crippen molar-refractivity contribution in [3.8, 4) is 5.75 Å². The van der Waals surface area contributed by atoms with E-state index in [1.807, 2.05) is 26.0 Å². The number of phenolic OH excluding ortho intramolecular Hbond substituents is 1. The minimum absolute atomic E-state index is 0.0964. The van der Waals surface area contributed by atoms with Crippen molar-refractivity contribution in [2.75, 3.05) is 0 Å². The number of nitrogens with zero attached hydrogens (tertiary/aromatic N) is 1. The average Bonchev–Trinajstić information content (AvgIpc) is 2.40. The summed E-state index contributed by atoms with van der Waals surface area (Å²) in [4.78, 5) is 4.28. The number of nitrogens with one attached hydrogen (secondary N) is 1. The van der Waals surface area contributed by atoms with Crippen LogP contribution in [0.25, 0.3) is 0 Å². The number of rotatable bonds is 4. The molecule has 2 rings (SSSR count). The van der Waals surface area contributed by atoms with Crippen molar-refractivity contribution in [1.82, 2.24) is 10.3 Å². The summed E-state index contributed by atoms with van der Waals surface area (Å²) in [6, 6.07) is 7.69. The van der Waals surface area contributed by atoms with E-state index in [1.165, 1.54) is 18.2 Å². The van der Waals surface area contributed by atoms with Gasteiger partial charge in [-0.3, -0.25) is 4.98 Å². The summed E-state index contributed by atoms with van der Waals surface area (Å²) in [5.41, 5.74) is 2.60. The van der Waals surface area contributed by atoms with E-state index in [0.717, 1.165) is 11.3 Å². The lowest BCUT2D eigenvalue weighted by molar-refractivity contribution is 0.448. The van der Waals surface area contributed by atoms with Crippen LogP contribution in [0, 0.1) is 12.7 Å². The molecule has 3 nitrogen and oxygen atoms in total. The normalized spacial score (nSPS) is 12.4. The molecular weight excluding hydrogens is 243 g/mol. The minimum Gasteiger partial charge on any atom is -0.508 e. The number of pyridine rings is 1. The third-order valence-corrected chi connectivity index (χ3v) is 3.15. The maximum atomic E-state index is 13.2. The molecule has 1 aromatic heterocycles. The topological polar surface area (TPSA) is 45.2 Å². The zero-order valence-electron chi connectivity index (χ0n) is 11.0. The van der Waals surface area contributed by atoms with Gasteiger partial charge in [-0.1, -0.05) is 6.07 Å². The van der Waals surface area contributed by atoms with E-state index >= 15 is 0 Å². The van der Waals surface area contributed by atoms with Crippen molar-refractivity contribution in [3.05, 3.63) is 59.2 Å². The first kappa shape index (κ1) is 13.5. The van der Waals surface area contributed by atoms with Gasteiger partial charge in [0, 0.05) is 24.3 Å². The van der Waals surface area contributed by atoms with Crippen LogP contribution in [0.5, 0.6) is 5.75 Å². The SMILES string of the molecule is Cc1cccnc1CNC(C)c1cc(F)ccc1O. The van der Waals surface area contributed by atoms with Gasteiger partial charge >= 0.3 is 0 Å². The van der Waals surface area contributed by atoms with Gasteiger partial charge in [0.15, 0.2) is 0 Å². The molecule has 100 valence electrons. The summed E-state index contributed by atoms with van der Waals surface area (Å²) >= 11 is 0. The highest BCUT2D eigenvalue weighted by Gasteiger charge is 2.11. The van der Waals surface area contributed by atoms with Crippen LogP contribution in [0.4, 0.5) is 4.39 Å². The van der Waals surface area contributed by atoms with E-state index in [9.17, 15) is 9.50 Å². The Morgan fingerprint density at radius 2 is 2.16 bits per heavy atom. The fourth-order valence-electron chi connectivity index (χ4n) is 1.94. The number of aromatic nitrogens is 1. The third kappa shape index (κ3) is 3.29. The number of halogens is 1. The standard InChI is InChI=1S/C15H17FN2O/c1-10-4-3-7-17-14(10)9-18-11(2)13-8-12(16)5-6-15(13)19/h3-8,11,18-19H,9H2,1-2H3. The van der Waals surface area contributed by atoms with Crippen LogP contribution in [-0.2, 0) is 6.54 Å². The monoisotopic (exact) mass is 260 g/mol. The Hall–Kier alpha value is -1.94. The first-order chi connectivity index (χ1) is 9.08. The lowest BCUT2D eigenvalue weighted by atomic mass is 10.1. The lowest BCUT2D eigenvalue weighted by Gasteiger charge is -2.16. The van der Waals surface area contributed by atoms with Gasteiger partial charge < -0.3 is 10.4 Å². The number of phenols is 1. The number of hydrogen-bond donors (Lipinski definition) is 2. The Morgan fingerprint density at radius 3 is 2.89 bits per heavy atom. The molecule has 0 saturated carbocycles. The van der Waals surface area contributed by atoms with Crippen molar-refractivity contribution in [1.29, 1.82) is 0 Å². The molecule has 2 N–H and O–H groups in total. The second kappa shape index (κ2) is 5.80. The van der Waals surface area contributed by atoms with Gasteiger partial charge in [-0.05, 0) is 43.7 Å². The molecule has 19 heavy (non-hydrogen) atoms. The smallest absolute Gasteiger partial charge is 0.123 e. The Balaban J connectivity index is 2.07. The predicted molar refractivity (Wildman–Crippen MR) is 72.3 cm³/mol. The Labute approximate surface area is 112 Å². The molecule has 0 spiro atoms. The molecule has 0 bridgehead atoms. The first-order valence-electron chi connectivity index (χ1n) is 6.20. The Kier molecular flexibility index (Phi) is 4.12. The zero-order valence-corrected chi connectivity index (χ0v) is 11.0. The molecule has 1 unspecified atom stereocenters. The molecule has 2 aromatic rings. The average molecular weight is 260 g/mol. The quantitative estimate of drug-likeness (QED) is 0.888. The summed E-state index contributed by atoms with van der Waals surface area (Å²) in [5.74, 6) is -0.255. The maximum absolute atomic E-state index is 13.2. The minimum atomic E-state index is -0.351. The van der Waals surface area contributed by atoms with Crippen LogP contribution in [0.2, 0.25) is 0 Å². The molecule has 0 aliphatic rings. The molecule has 1 atom stereocenters. The molecule has 4 heteroatoms. The van der Waals surface area contributed by atoms with Crippen LogP contribution in [0.3, 0.4) is 0 Å². The van der Waals surface area contributed by atoms with Crippen molar-refractivity contribution in [3.63, 3.8) is 0 Å². The van der Waals surface area contributed by atoms with Crippen LogP contribution in [-0.4, -0.2) is 10.1 Å². The summed E-state index contributed by atoms with van der Waals surface area (Å²) in [5, 5.41) is 13.0. The summed E-state index contributed by atoms with van der Waals surface area (Å²) in [7, 11) is 0. The number of aryl methyl sites for hydroxylation is 1. The molecule has 0 aliphatic carbocycles. The molecule has 0 amide bonds. The van der Waals surface area contributed by atoms with E-state index in [1.54, 1.807) is 6.20 Å². The summed E-state index contributed by atoms with van der Waals surface area (Å²) in [6.45, 7) is 4.45. The Morgan fingerprint density at radius 1 is 1.37 bits per heavy atom. The second-order valence-electron chi connectivity index (χ2n) is 4.57. The van der Waals surface area contributed by atoms with Gasteiger partial charge in [-0.25, -0.2) is 4.39 Å². The van der Waals surface area contributed by atoms with Crippen LogP contribution >= 0.6 is 0 Å². The molecule has 0 saturated heterocycles. The summed E-state index contributed by atoms with van der Waals surface area (Å²) < 4.78 is 13.2. The number of hydrogen-bond acceptors (Lipinski definition) is 3. The van der Waals surface area contributed by atoms with Crippen LogP contribution in [0.1, 0.15) is 29.8 Å². The van der Waals surface area contributed by atoms with Gasteiger partial charge in [-0.2, -0.15) is 0 Å². The Bertz CT molecular complexity index is 572. The van der Waals surface area contributed by atoms with Crippen molar-refractivity contribution in [2.45, 2.75) is 26.4 Å². The molecule has 1 aromatic carbocycles. The fourth-order valence-corrected chi connectivity index (χ4v) is 1.94. The van der Waals surface area contributed by atoms with Gasteiger partial charge in [0.25, 0.3) is 0 Å². The number of aromatic hydroxyl groups is 1. The van der Waals surface area contributed by atoms with Crippen molar-refractivity contribution >= 4 is 0 Å². The first-order valence-corrected chi connectivity index (χ1v) is 6.20. The zero-order chi connectivity index (χ0) is 13.8. The molecule has 1 heterocycles. The van der Waals surface area contributed by atoms with Crippen LogP contribution in [0.15, 0.2) is 36.5 Å². The maximum Gasteiger partial charge on any atom is 0.123 e. The van der Waals surface area contributed by atoms with Gasteiger partial charge in [-0.15, -0.1) is 0 Å². The van der Waals surface area contributed by atoms with E-state index < -0.39 is 0 Å². The van der Waals surface area contributed by atoms with E-state index in [-0.39, 0.29) is 17.6 Å². The highest BCUT2D eigenvalue weighted by Crippen LogP contribution is 2.24. The van der Waals surface area contributed by atoms with E-state index in [2.05, 4.69) is 10.3 Å². The second-order valence-corrected chi connectivity index (χ2v) is 4.57. The largest absolute Gasteiger partial charge is 0.508 e. The van der Waals surface area contributed by atoms with Crippen molar-refractivity contribution in [2.24, 2.45) is 0 Å². The van der Waals surface area contributed by atoms with E-state index in [0.29, 0.717) is 12.1 Å². The molecule has 0 radical (unpaired) electrons. The van der Waals surface area contributed by atoms with Crippen molar-refractivity contribution < 1.29 is 9.50 Å². The summed E-state index contributed by atoms with van der Waals surface area (Å²) in [6.07, 6.45) is 1.74. The fraction of sp³-hybridized carbons (Fsp3) is 0.267. The van der Waals surface area contributed by atoms with E-state index in [4.69, 9.17) is 0 Å². The van der Waals surface area contributed by atoms with Gasteiger partial charge in [0.05, 0.1) is 5.69 Å². The molecular formula is C15H17FN2O. The number of benzene rings is 1. The highest BCUT2D eigenvalue weighted by atomic mass is 19.1. The van der Waals surface area contributed by atoms with Gasteiger partial charge in [0.2, 0.25) is 0 Å². The lowest BCUT2D eigenvalue weighted by Crippen LogP contribution is -2.19. The van der Waals surface area contributed by atoms with Gasteiger partial charge in [0.1, 0.15) is 11.6 Å². The molecule has 0 fully saturated rings. The van der Waals surface area contributed by atoms with Crippen LogP contribution < -0.4 is 5.32 Å². The third-order valence-electron chi connectivity index (χ3n) is 3.15.